The number of benzene rings is 1. The fraction of sp³-hybridized carbons (Fsp3) is 0.471. The molecule has 1 unspecified atom stereocenters. The van der Waals surface area contributed by atoms with E-state index in [1.807, 2.05) is 6.92 Å². The van der Waals surface area contributed by atoms with Crippen LogP contribution in [-0.2, 0) is 0 Å². The largest absolute Gasteiger partial charge is 0.384 e. The number of aliphatic hydroxyl groups excluding tert-OH is 1. The highest BCUT2D eigenvalue weighted by Crippen LogP contribution is 2.25. The van der Waals surface area contributed by atoms with Gasteiger partial charge >= 0.3 is 0 Å². The molecule has 0 radical (unpaired) electrons. The summed E-state index contributed by atoms with van der Waals surface area (Å²) >= 11 is 0. The molecule has 0 saturated heterocycles. The second kappa shape index (κ2) is 6.73. The Morgan fingerprint density at radius 3 is 2.57 bits per heavy atom. The van der Waals surface area contributed by atoms with Gasteiger partial charge < -0.3 is 10.0 Å². The van der Waals surface area contributed by atoms with Crippen molar-refractivity contribution >= 4 is 5.91 Å². The Morgan fingerprint density at radius 1 is 1.43 bits per heavy atom. The zero-order valence-corrected chi connectivity index (χ0v) is 13.2. The Labute approximate surface area is 125 Å². The van der Waals surface area contributed by atoms with Crippen LogP contribution < -0.4 is 0 Å². The minimum Gasteiger partial charge on any atom is -0.384 e. The van der Waals surface area contributed by atoms with Gasteiger partial charge in [0.25, 0.3) is 5.91 Å². The number of amides is 1. The van der Waals surface area contributed by atoms with Gasteiger partial charge in [-0.15, -0.1) is 0 Å². The number of hydrogen-bond acceptors (Lipinski definition) is 2. The van der Waals surface area contributed by atoms with E-state index >= 15 is 0 Å². The van der Waals surface area contributed by atoms with E-state index in [0.29, 0.717) is 11.1 Å². The van der Waals surface area contributed by atoms with Gasteiger partial charge in [0.2, 0.25) is 0 Å². The summed E-state index contributed by atoms with van der Waals surface area (Å²) in [7, 11) is 1.73. The van der Waals surface area contributed by atoms with Gasteiger partial charge in [-0.05, 0) is 30.5 Å². The number of rotatable bonds is 2. The minimum absolute atomic E-state index is 0.00806. The smallest absolute Gasteiger partial charge is 0.255 e. The molecule has 1 N–H and O–H groups in total. The first-order valence-corrected chi connectivity index (χ1v) is 6.85. The van der Waals surface area contributed by atoms with Crippen LogP contribution in [0.5, 0.6) is 0 Å². The molecule has 114 valence electrons. The topological polar surface area (TPSA) is 40.5 Å². The molecule has 0 fully saturated rings. The van der Waals surface area contributed by atoms with Gasteiger partial charge in [0.1, 0.15) is 12.4 Å². The zero-order valence-electron chi connectivity index (χ0n) is 13.2. The van der Waals surface area contributed by atoms with Crippen LogP contribution in [0.1, 0.15) is 43.6 Å². The predicted octanol–water partition coefficient (Wildman–Crippen LogP) is 2.68. The fourth-order valence-corrected chi connectivity index (χ4v) is 1.89. The summed E-state index contributed by atoms with van der Waals surface area (Å²) in [5.41, 5.74) is 0.569. The van der Waals surface area contributed by atoms with Crippen molar-refractivity contribution in [2.45, 2.75) is 33.7 Å². The molecule has 4 heteroatoms. The maximum Gasteiger partial charge on any atom is 0.255 e. The molecule has 0 spiro atoms. The second-order valence-electron chi connectivity index (χ2n) is 6.11. The Morgan fingerprint density at radius 2 is 2.05 bits per heavy atom. The summed E-state index contributed by atoms with van der Waals surface area (Å²) in [5, 5.41) is 8.77. The van der Waals surface area contributed by atoms with E-state index in [4.69, 9.17) is 5.11 Å². The third-order valence-corrected chi connectivity index (χ3v) is 3.67. The van der Waals surface area contributed by atoms with E-state index < -0.39 is 5.82 Å². The third kappa shape index (κ3) is 4.30. The van der Waals surface area contributed by atoms with Crippen molar-refractivity contribution in [1.29, 1.82) is 0 Å². The SMILES string of the molecule is CC(N(C)C(=O)c1ccc(F)cc1C#CCO)C(C)(C)C. The van der Waals surface area contributed by atoms with E-state index in [-0.39, 0.29) is 24.0 Å². The molecule has 0 aromatic heterocycles. The first-order valence-electron chi connectivity index (χ1n) is 6.85. The zero-order chi connectivity index (χ0) is 16.2. The lowest BCUT2D eigenvalue weighted by Crippen LogP contribution is -2.43. The lowest BCUT2D eigenvalue weighted by atomic mass is 9.87. The van der Waals surface area contributed by atoms with Crippen LogP contribution >= 0.6 is 0 Å². The van der Waals surface area contributed by atoms with Crippen molar-refractivity contribution in [1.82, 2.24) is 4.90 Å². The summed E-state index contributed by atoms with van der Waals surface area (Å²) in [6, 6.07) is 3.90. The van der Waals surface area contributed by atoms with E-state index in [1.54, 1.807) is 11.9 Å². The van der Waals surface area contributed by atoms with Crippen LogP contribution in [0.4, 0.5) is 4.39 Å². The molecule has 0 saturated carbocycles. The van der Waals surface area contributed by atoms with E-state index in [1.165, 1.54) is 18.2 Å². The minimum atomic E-state index is -0.458. The molecule has 1 amide bonds. The van der Waals surface area contributed by atoms with Crippen molar-refractivity contribution in [3.63, 3.8) is 0 Å². The molecule has 21 heavy (non-hydrogen) atoms. The van der Waals surface area contributed by atoms with Gasteiger partial charge in [0, 0.05) is 18.7 Å². The summed E-state index contributed by atoms with van der Waals surface area (Å²) in [4.78, 5) is 14.2. The van der Waals surface area contributed by atoms with Gasteiger partial charge in [-0.3, -0.25) is 4.79 Å². The number of nitrogens with zero attached hydrogens (tertiary/aromatic N) is 1. The Hall–Kier alpha value is -1.86. The van der Waals surface area contributed by atoms with Crippen LogP contribution in [0.15, 0.2) is 18.2 Å². The number of carbonyl (C=O) groups is 1. The molecule has 1 atom stereocenters. The summed E-state index contributed by atoms with van der Waals surface area (Å²) in [5.74, 6) is 4.42. The second-order valence-corrected chi connectivity index (χ2v) is 6.11. The number of aliphatic hydroxyl groups is 1. The van der Waals surface area contributed by atoms with Crippen molar-refractivity contribution < 1.29 is 14.3 Å². The quantitative estimate of drug-likeness (QED) is 0.851. The van der Waals surface area contributed by atoms with Crippen molar-refractivity contribution in [3.8, 4) is 11.8 Å². The highest BCUT2D eigenvalue weighted by molar-refractivity contribution is 5.96. The number of hydrogen-bond donors (Lipinski definition) is 1. The standard InChI is InChI=1S/C17H22FNO2/c1-12(17(2,3)4)19(5)16(21)15-9-8-14(18)11-13(15)7-6-10-20/h8-9,11-12,20H,10H2,1-5H3. The lowest BCUT2D eigenvalue weighted by Gasteiger charge is -2.35. The van der Waals surface area contributed by atoms with Crippen LogP contribution in [0.25, 0.3) is 0 Å². The Kier molecular flexibility index (Phi) is 5.51. The van der Waals surface area contributed by atoms with Crippen LogP contribution in [0, 0.1) is 23.1 Å². The molecular formula is C17H22FNO2. The van der Waals surface area contributed by atoms with Gasteiger partial charge in [-0.2, -0.15) is 0 Å². The van der Waals surface area contributed by atoms with Gasteiger partial charge in [-0.25, -0.2) is 4.39 Å². The number of carbonyl (C=O) groups excluding carboxylic acids is 1. The van der Waals surface area contributed by atoms with Gasteiger partial charge in [0.05, 0.1) is 5.56 Å². The van der Waals surface area contributed by atoms with Crippen molar-refractivity contribution in [2.24, 2.45) is 5.41 Å². The highest BCUT2D eigenvalue weighted by atomic mass is 19.1. The molecule has 0 bridgehead atoms. The highest BCUT2D eigenvalue weighted by Gasteiger charge is 2.28. The molecule has 1 aromatic rings. The van der Waals surface area contributed by atoms with E-state index in [9.17, 15) is 9.18 Å². The maximum absolute atomic E-state index is 13.3. The van der Waals surface area contributed by atoms with Crippen LogP contribution in [0.2, 0.25) is 0 Å². The number of halogens is 1. The van der Waals surface area contributed by atoms with E-state index in [2.05, 4.69) is 32.6 Å². The van der Waals surface area contributed by atoms with Gasteiger partial charge in [0.15, 0.2) is 0 Å². The molecular weight excluding hydrogens is 269 g/mol. The maximum atomic E-state index is 13.3. The molecule has 0 heterocycles. The molecule has 0 aliphatic heterocycles. The van der Waals surface area contributed by atoms with Gasteiger partial charge in [-0.1, -0.05) is 32.6 Å². The lowest BCUT2D eigenvalue weighted by molar-refractivity contribution is 0.0629. The third-order valence-electron chi connectivity index (χ3n) is 3.67. The summed E-state index contributed by atoms with van der Waals surface area (Å²) < 4.78 is 13.3. The summed E-state index contributed by atoms with van der Waals surface area (Å²) in [6.45, 7) is 7.80. The molecule has 1 aromatic carbocycles. The fourth-order valence-electron chi connectivity index (χ4n) is 1.89. The Balaban J connectivity index is 3.18. The van der Waals surface area contributed by atoms with Crippen molar-refractivity contribution in [3.05, 3.63) is 35.1 Å². The first-order chi connectivity index (χ1) is 9.68. The molecule has 3 nitrogen and oxygen atoms in total. The average Bonchev–Trinajstić information content (AvgIpc) is 2.41. The van der Waals surface area contributed by atoms with E-state index in [0.717, 1.165) is 0 Å². The molecule has 1 rings (SSSR count). The van der Waals surface area contributed by atoms with Crippen LogP contribution in [0.3, 0.4) is 0 Å². The normalized spacial score (nSPS) is 12.3. The van der Waals surface area contributed by atoms with Crippen LogP contribution in [-0.4, -0.2) is 35.6 Å². The molecule has 0 aliphatic carbocycles. The Bertz CT molecular complexity index is 579. The van der Waals surface area contributed by atoms with Crippen molar-refractivity contribution in [2.75, 3.05) is 13.7 Å². The monoisotopic (exact) mass is 291 g/mol. The molecule has 0 aliphatic rings. The first kappa shape index (κ1) is 17.2. The average molecular weight is 291 g/mol. The summed E-state index contributed by atoms with van der Waals surface area (Å²) in [6.07, 6.45) is 0. The predicted molar refractivity (Wildman–Crippen MR) is 81.4 cm³/mol.